The van der Waals surface area contributed by atoms with Crippen LogP contribution in [0.1, 0.15) is 13.7 Å². The van der Waals surface area contributed by atoms with Gasteiger partial charge in [-0.1, -0.05) is 121 Å². The molecule has 1 nitrogen and oxygen atoms in total. The summed E-state index contributed by atoms with van der Waals surface area (Å²) in [6.45, 7) is 0. The fraction of sp³-hybridized carbons (Fsp3) is 0. The Kier molecular flexibility index (Phi) is 4.54. The van der Waals surface area contributed by atoms with Crippen molar-refractivity contribution in [3.63, 3.8) is 0 Å². The first-order valence-corrected chi connectivity index (χ1v) is 14.9. The molecule has 8 rings (SSSR count). The van der Waals surface area contributed by atoms with Crippen LogP contribution in [0, 0.1) is 0 Å². The van der Waals surface area contributed by atoms with Crippen molar-refractivity contribution >= 4 is 48.6 Å². The minimum Gasteiger partial charge on any atom is -0.311 e. The Morgan fingerprint density at radius 1 is 0.386 bits per heavy atom. The van der Waals surface area contributed by atoms with E-state index in [-0.39, 0.29) is 35.3 Å². The lowest BCUT2D eigenvalue weighted by molar-refractivity contribution is 1.28. The highest BCUT2D eigenvalue weighted by molar-refractivity contribution is 7.25. The lowest BCUT2D eigenvalue weighted by atomic mass is 10.0. The largest absolute Gasteiger partial charge is 0.311 e. The standard InChI is InChI=1S/C42H29NS/c1-3-9-30(10-4-1)32-15-22-36(23-16-32)43(37-24-17-33(18-25-37)31-11-5-2-6-12-31)38-26-19-34(20-27-38)35-21-28-42-40(29-35)39-13-7-8-14-41(39)44-42/h1-29H/i1D,2D,3D,4D,5D,6D,9D,10D,11D,12D. The van der Waals surface area contributed by atoms with E-state index in [2.05, 4.69) is 54.6 Å². The predicted molar refractivity (Wildman–Crippen MR) is 190 cm³/mol. The van der Waals surface area contributed by atoms with Gasteiger partial charge < -0.3 is 4.90 Å². The Morgan fingerprint density at radius 3 is 1.34 bits per heavy atom. The number of fused-ring (bicyclic) bond motifs is 3. The average Bonchev–Trinajstić information content (AvgIpc) is 3.57. The van der Waals surface area contributed by atoms with Gasteiger partial charge in [0.15, 0.2) is 0 Å². The van der Waals surface area contributed by atoms with Crippen molar-refractivity contribution in [2.75, 3.05) is 4.90 Å². The molecular formula is C42H29NS. The maximum absolute atomic E-state index is 8.46. The van der Waals surface area contributed by atoms with Crippen molar-refractivity contribution in [1.82, 2.24) is 0 Å². The molecule has 8 aromatic rings. The van der Waals surface area contributed by atoms with Crippen molar-refractivity contribution in [1.29, 1.82) is 0 Å². The predicted octanol–water partition coefficient (Wildman–Crippen LogP) is 12.5. The van der Waals surface area contributed by atoms with E-state index in [1.807, 2.05) is 41.3 Å². The van der Waals surface area contributed by atoms with Crippen molar-refractivity contribution in [2.24, 2.45) is 0 Å². The van der Waals surface area contributed by atoms with Gasteiger partial charge in [-0.15, -0.1) is 11.3 Å². The van der Waals surface area contributed by atoms with Gasteiger partial charge in [0.1, 0.15) is 0 Å². The molecule has 2 heteroatoms. The molecule has 0 amide bonds. The maximum atomic E-state index is 8.46. The highest BCUT2D eigenvalue weighted by Gasteiger charge is 2.14. The maximum Gasteiger partial charge on any atom is 0.0629 e. The Balaban J connectivity index is 1.21. The third kappa shape index (κ3) is 4.96. The number of thiophene rings is 1. The summed E-state index contributed by atoms with van der Waals surface area (Å²) in [6.07, 6.45) is 0. The Hall–Kier alpha value is -5.44. The third-order valence-corrected chi connectivity index (χ3v) is 8.82. The fourth-order valence-electron chi connectivity index (χ4n) is 5.50. The van der Waals surface area contributed by atoms with Crippen LogP contribution in [0.3, 0.4) is 0 Å². The zero-order chi connectivity index (χ0) is 38.0. The van der Waals surface area contributed by atoms with E-state index in [9.17, 15) is 0 Å². The van der Waals surface area contributed by atoms with Crippen LogP contribution in [0.5, 0.6) is 0 Å². The van der Waals surface area contributed by atoms with Gasteiger partial charge in [0, 0.05) is 37.2 Å². The summed E-state index contributed by atoms with van der Waals surface area (Å²) in [6, 6.07) is 33.6. The van der Waals surface area contributed by atoms with Crippen LogP contribution in [-0.2, 0) is 0 Å². The number of benzene rings is 7. The zero-order valence-electron chi connectivity index (χ0n) is 33.3. The molecule has 44 heavy (non-hydrogen) atoms. The molecule has 0 aliphatic rings. The lowest BCUT2D eigenvalue weighted by Crippen LogP contribution is -2.09. The van der Waals surface area contributed by atoms with Crippen molar-refractivity contribution in [2.45, 2.75) is 0 Å². The van der Waals surface area contributed by atoms with Gasteiger partial charge in [-0.25, -0.2) is 0 Å². The third-order valence-electron chi connectivity index (χ3n) is 7.66. The molecule has 208 valence electrons. The quantitative estimate of drug-likeness (QED) is 0.186. The summed E-state index contributed by atoms with van der Waals surface area (Å²) in [5.74, 6) is 0. The van der Waals surface area contributed by atoms with Crippen LogP contribution in [0.2, 0.25) is 0 Å². The van der Waals surface area contributed by atoms with E-state index in [0.29, 0.717) is 11.1 Å². The first kappa shape index (κ1) is 17.6. The van der Waals surface area contributed by atoms with Crippen LogP contribution in [0.15, 0.2) is 176 Å². The Bertz CT molecular complexity index is 2590. The summed E-state index contributed by atoms with van der Waals surface area (Å²) in [4.78, 5) is 2.00. The molecular weight excluding hydrogens is 551 g/mol. The molecule has 0 aliphatic heterocycles. The Morgan fingerprint density at radius 2 is 0.818 bits per heavy atom. The van der Waals surface area contributed by atoms with E-state index in [1.54, 1.807) is 35.6 Å². The summed E-state index contributed by atoms with van der Waals surface area (Å²) in [7, 11) is 0. The smallest absolute Gasteiger partial charge is 0.0629 e. The van der Waals surface area contributed by atoms with Crippen LogP contribution >= 0.6 is 11.3 Å². The summed E-state index contributed by atoms with van der Waals surface area (Å²) in [5, 5.41) is 2.43. The zero-order valence-corrected chi connectivity index (χ0v) is 24.1. The molecule has 1 heterocycles. The SMILES string of the molecule is [2H]c1c([2H])c([2H])c(-c2ccc(N(c3ccc(-c4ccc5sc6ccccc6c5c4)cc3)c3ccc(-c4c([2H])c([2H])c([2H])c([2H])c4[2H])cc3)cc2)c([2H])c1[2H]. The minimum atomic E-state index is -0.448. The molecule has 7 aromatic carbocycles. The van der Waals surface area contributed by atoms with Gasteiger partial charge in [0.05, 0.1) is 13.7 Å². The highest BCUT2D eigenvalue weighted by Crippen LogP contribution is 2.39. The molecule has 0 bridgehead atoms. The lowest BCUT2D eigenvalue weighted by Gasteiger charge is -2.26. The summed E-state index contributed by atoms with van der Waals surface area (Å²) < 4.78 is 84.8. The van der Waals surface area contributed by atoms with Gasteiger partial charge in [-0.3, -0.25) is 0 Å². The monoisotopic (exact) mass is 589 g/mol. The second kappa shape index (κ2) is 11.3. The van der Waals surface area contributed by atoms with Gasteiger partial charge in [-0.2, -0.15) is 0 Å². The van der Waals surface area contributed by atoms with Gasteiger partial charge in [0.25, 0.3) is 0 Å². The summed E-state index contributed by atoms with van der Waals surface area (Å²) >= 11 is 1.77. The molecule has 0 fully saturated rings. The number of nitrogens with zero attached hydrogens (tertiary/aromatic N) is 1. The molecule has 0 atom stereocenters. The normalized spacial score (nSPS) is 14.4. The molecule has 0 saturated heterocycles. The van der Waals surface area contributed by atoms with Gasteiger partial charge in [0.2, 0.25) is 0 Å². The first-order chi connectivity index (χ1) is 25.9. The second-order valence-electron chi connectivity index (χ2n) is 10.3. The van der Waals surface area contributed by atoms with Gasteiger partial charge >= 0.3 is 0 Å². The van der Waals surface area contributed by atoms with E-state index in [0.717, 1.165) is 28.2 Å². The van der Waals surface area contributed by atoms with E-state index < -0.39 is 36.3 Å². The van der Waals surface area contributed by atoms with Gasteiger partial charge in [-0.05, 0) is 88.0 Å². The number of rotatable bonds is 6. The van der Waals surface area contributed by atoms with Crippen LogP contribution in [0.25, 0.3) is 53.6 Å². The number of hydrogen-bond acceptors (Lipinski definition) is 2. The first-order valence-electron chi connectivity index (χ1n) is 19.1. The molecule has 0 spiro atoms. The van der Waals surface area contributed by atoms with Crippen LogP contribution < -0.4 is 4.90 Å². The van der Waals surface area contributed by atoms with Crippen molar-refractivity contribution in [3.05, 3.63) is 176 Å². The van der Waals surface area contributed by atoms with Crippen LogP contribution in [0.4, 0.5) is 17.1 Å². The minimum absolute atomic E-state index is 0.113. The molecule has 0 saturated carbocycles. The average molecular weight is 590 g/mol. The van der Waals surface area contributed by atoms with Crippen LogP contribution in [-0.4, -0.2) is 0 Å². The molecule has 0 radical (unpaired) electrons. The summed E-state index contributed by atoms with van der Waals surface area (Å²) in [5.41, 5.74) is 5.54. The van der Waals surface area contributed by atoms with Crippen molar-refractivity contribution in [3.8, 4) is 33.4 Å². The van der Waals surface area contributed by atoms with E-state index in [4.69, 9.17) is 13.7 Å². The molecule has 0 unspecified atom stereocenters. The fourth-order valence-corrected chi connectivity index (χ4v) is 6.59. The molecule has 0 N–H and O–H groups in total. The Labute approximate surface area is 276 Å². The number of anilines is 3. The highest BCUT2D eigenvalue weighted by atomic mass is 32.1. The van der Waals surface area contributed by atoms with E-state index in [1.165, 1.54) is 20.2 Å². The molecule has 0 aliphatic carbocycles. The van der Waals surface area contributed by atoms with E-state index >= 15 is 0 Å². The second-order valence-corrected chi connectivity index (χ2v) is 11.4. The number of hydrogen-bond donors (Lipinski definition) is 0. The topological polar surface area (TPSA) is 3.24 Å². The molecule has 1 aromatic heterocycles. The van der Waals surface area contributed by atoms with Crippen molar-refractivity contribution < 1.29 is 13.7 Å².